The molecule has 4 rings (SSSR count). The van der Waals surface area contributed by atoms with Gasteiger partial charge in [0, 0.05) is 44.4 Å². The molecule has 1 atom stereocenters. The predicted molar refractivity (Wildman–Crippen MR) is 109 cm³/mol. The number of likely N-dealkylation sites (tertiary alicyclic amines) is 1. The lowest BCUT2D eigenvalue weighted by atomic mass is 10.0. The van der Waals surface area contributed by atoms with Crippen LogP contribution in [0.2, 0.25) is 0 Å². The Morgan fingerprint density at radius 3 is 2.75 bits per heavy atom. The van der Waals surface area contributed by atoms with Crippen molar-refractivity contribution in [1.82, 2.24) is 29.5 Å². The van der Waals surface area contributed by atoms with Crippen LogP contribution < -0.4 is 0 Å². The van der Waals surface area contributed by atoms with E-state index < -0.39 is 0 Å². The Labute approximate surface area is 167 Å². The number of aromatic nitrogens is 4. The molecule has 3 heterocycles. The molecule has 28 heavy (non-hydrogen) atoms. The molecule has 7 heteroatoms. The highest BCUT2D eigenvalue weighted by atomic mass is 16.2. The molecule has 1 aliphatic carbocycles. The zero-order valence-electron chi connectivity index (χ0n) is 17.2. The Bertz CT molecular complexity index is 810. The fourth-order valence-corrected chi connectivity index (χ4v) is 4.65. The first-order valence-corrected chi connectivity index (χ1v) is 10.7. The number of fused-ring (bicyclic) bond motifs is 1. The van der Waals surface area contributed by atoms with Crippen molar-refractivity contribution >= 4 is 17.1 Å². The summed E-state index contributed by atoms with van der Waals surface area (Å²) in [6.45, 7) is 3.29. The summed E-state index contributed by atoms with van der Waals surface area (Å²) in [6, 6.07) is 0. The molecule has 0 unspecified atom stereocenters. The molecule has 0 aromatic carbocycles. The van der Waals surface area contributed by atoms with Crippen LogP contribution in [-0.4, -0.2) is 69.2 Å². The zero-order chi connectivity index (χ0) is 19.5. The minimum absolute atomic E-state index is 0.259. The van der Waals surface area contributed by atoms with Crippen LogP contribution in [-0.2, 0) is 11.3 Å². The lowest BCUT2D eigenvalue weighted by Gasteiger charge is -2.17. The number of amides is 1. The minimum Gasteiger partial charge on any atom is -0.342 e. The molecule has 7 nitrogen and oxygen atoms in total. The molecular weight excluding hydrogens is 352 g/mol. The highest BCUT2D eigenvalue weighted by Crippen LogP contribution is 2.32. The second kappa shape index (κ2) is 8.55. The third kappa shape index (κ3) is 4.19. The Hall–Kier alpha value is -2.02. The summed E-state index contributed by atoms with van der Waals surface area (Å²) < 4.78 is 1.97. The summed E-state index contributed by atoms with van der Waals surface area (Å²) in [7, 11) is 4.12. The molecule has 1 saturated heterocycles. The molecule has 1 amide bonds. The molecule has 2 aromatic rings. The molecule has 2 aliphatic rings. The molecule has 1 aliphatic heterocycles. The second-order valence-corrected chi connectivity index (χ2v) is 8.65. The van der Waals surface area contributed by atoms with Crippen LogP contribution >= 0.6 is 0 Å². The first kappa shape index (κ1) is 19.3. The summed E-state index contributed by atoms with van der Waals surface area (Å²) in [5.74, 6) is 1.35. The standard InChI is InChI=1S/C21H32N6O/c1-25(2)13-14-27-21-20(22-10-11-23-21)19(24-27)17-9-12-26(15-17)18(28)8-7-16-5-3-4-6-16/h10-11,16-17H,3-9,12-15H2,1-2H3/t17-/m1/s1. The van der Waals surface area contributed by atoms with Crippen molar-refractivity contribution in [2.75, 3.05) is 33.7 Å². The van der Waals surface area contributed by atoms with Gasteiger partial charge in [0.2, 0.25) is 5.91 Å². The first-order chi connectivity index (χ1) is 13.6. The van der Waals surface area contributed by atoms with Gasteiger partial charge in [-0.1, -0.05) is 25.7 Å². The second-order valence-electron chi connectivity index (χ2n) is 8.65. The highest BCUT2D eigenvalue weighted by Gasteiger charge is 2.31. The molecule has 2 aromatic heterocycles. The largest absolute Gasteiger partial charge is 0.342 e. The van der Waals surface area contributed by atoms with Crippen molar-refractivity contribution in [1.29, 1.82) is 0 Å². The van der Waals surface area contributed by atoms with Crippen molar-refractivity contribution in [3.05, 3.63) is 18.1 Å². The van der Waals surface area contributed by atoms with Gasteiger partial charge in [0.1, 0.15) is 5.52 Å². The lowest BCUT2D eigenvalue weighted by Crippen LogP contribution is -2.28. The maximum Gasteiger partial charge on any atom is 0.222 e. The average Bonchev–Trinajstić information content (AvgIpc) is 3.43. The Morgan fingerprint density at radius 2 is 1.96 bits per heavy atom. The van der Waals surface area contributed by atoms with E-state index in [1.165, 1.54) is 25.7 Å². The van der Waals surface area contributed by atoms with Crippen LogP contribution in [0, 0.1) is 5.92 Å². The van der Waals surface area contributed by atoms with Crippen LogP contribution in [0.4, 0.5) is 0 Å². The van der Waals surface area contributed by atoms with E-state index in [-0.39, 0.29) is 5.92 Å². The predicted octanol–water partition coefficient (Wildman–Crippen LogP) is 2.67. The van der Waals surface area contributed by atoms with Crippen molar-refractivity contribution in [3.8, 4) is 0 Å². The van der Waals surface area contributed by atoms with E-state index in [4.69, 9.17) is 5.10 Å². The highest BCUT2D eigenvalue weighted by molar-refractivity contribution is 5.77. The molecule has 1 saturated carbocycles. The van der Waals surface area contributed by atoms with Crippen LogP contribution in [0.3, 0.4) is 0 Å². The van der Waals surface area contributed by atoms with E-state index in [1.807, 2.05) is 9.58 Å². The SMILES string of the molecule is CN(C)CCn1nc([C@@H]2CCN(C(=O)CCC3CCCC3)C2)c2nccnc21. The van der Waals surface area contributed by atoms with E-state index in [2.05, 4.69) is 29.0 Å². The summed E-state index contributed by atoms with van der Waals surface area (Å²) in [5.41, 5.74) is 2.75. The number of hydrogen-bond donors (Lipinski definition) is 0. The van der Waals surface area contributed by atoms with Gasteiger partial charge in [0.15, 0.2) is 5.65 Å². The smallest absolute Gasteiger partial charge is 0.222 e. The Morgan fingerprint density at radius 1 is 1.18 bits per heavy atom. The third-order valence-electron chi connectivity index (χ3n) is 6.32. The van der Waals surface area contributed by atoms with Crippen molar-refractivity contribution < 1.29 is 4.79 Å². The monoisotopic (exact) mass is 384 g/mol. The average molecular weight is 385 g/mol. The van der Waals surface area contributed by atoms with E-state index in [0.29, 0.717) is 12.3 Å². The number of likely N-dealkylation sites (N-methyl/N-ethyl adjacent to an activating group) is 1. The van der Waals surface area contributed by atoms with Gasteiger partial charge in [0.05, 0.1) is 12.2 Å². The Balaban J connectivity index is 1.43. The maximum absolute atomic E-state index is 12.7. The molecule has 2 fully saturated rings. The quantitative estimate of drug-likeness (QED) is 0.734. The van der Waals surface area contributed by atoms with E-state index >= 15 is 0 Å². The first-order valence-electron chi connectivity index (χ1n) is 10.7. The molecular formula is C21H32N6O. The molecule has 0 spiro atoms. The number of nitrogens with zero attached hydrogens (tertiary/aromatic N) is 6. The van der Waals surface area contributed by atoms with Crippen molar-refractivity contribution in [3.63, 3.8) is 0 Å². The number of carbonyl (C=O) groups is 1. The minimum atomic E-state index is 0.259. The van der Waals surface area contributed by atoms with Gasteiger partial charge in [-0.3, -0.25) is 4.79 Å². The van der Waals surface area contributed by atoms with Crippen LogP contribution in [0.15, 0.2) is 12.4 Å². The van der Waals surface area contributed by atoms with Crippen LogP contribution in [0.1, 0.15) is 56.6 Å². The summed E-state index contributed by atoms with van der Waals surface area (Å²) in [4.78, 5) is 26.0. The van der Waals surface area contributed by atoms with Crippen LogP contribution in [0.5, 0.6) is 0 Å². The van der Waals surface area contributed by atoms with E-state index in [1.54, 1.807) is 12.4 Å². The summed E-state index contributed by atoms with van der Waals surface area (Å²) in [6.07, 6.45) is 11.5. The zero-order valence-corrected chi connectivity index (χ0v) is 17.2. The summed E-state index contributed by atoms with van der Waals surface area (Å²) in [5, 5.41) is 4.87. The normalized spacial score (nSPS) is 20.7. The maximum atomic E-state index is 12.7. The topological polar surface area (TPSA) is 67.2 Å². The van der Waals surface area contributed by atoms with Gasteiger partial charge in [0.25, 0.3) is 0 Å². The van der Waals surface area contributed by atoms with Gasteiger partial charge in [-0.05, 0) is 32.9 Å². The van der Waals surface area contributed by atoms with Crippen molar-refractivity contribution in [2.45, 2.75) is 57.4 Å². The van der Waals surface area contributed by atoms with E-state index in [0.717, 1.165) is 61.8 Å². The molecule has 152 valence electrons. The summed E-state index contributed by atoms with van der Waals surface area (Å²) >= 11 is 0. The number of rotatable bonds is 7. The van der Waals surface area contributed by atoms with Gasteiger partial charge in [-0.15, -0.1) is 0 Å². The fourth-order valence-electron chi connectivity index (χ4n) is 4.65. The van der Waals surface area contributed by atoms with E-state index in [9.17, 15) is 4.79 Å². The van der Waals surface area contributed by atoms with Gasteiger partial charge >= 0.3 is 0 Å². The third-order valence-corrected chi connectivity index (χ3v) is 6.32. The molecule has 0 N–H and O–H groups in total. The molecule has 0 bridgehead atoms. The molecule has 0 radical (unpaired) electrons. The number of hydrogen-bond acceptors (Lipinski definition) is 5. The van der Waals surface area contributed by atoms with Gasteiger partial charge in [-0.25, -0.2) is 14.6 Å². The van der Waals surface area contributed by atoms with Gasteiger partial charge < -0.3 is 9.80 Å². The Kier molecular flexibility index (Phi) is 5.90. The number of carbonyl (C=O) groups excluding carboxylic acids is 1. The lowest BCUT2D eigenvalue weighted by molar-refractivity contribution is -0.130. The fraction of sp³-hybridized carbons (Fsp3) is 0.714. The van der Waals surface area contributed by atoms with Crippen LogP contribution in [0.25, 0.3) is 11.2 Å². The van der Waals surface area contributed by atoms with Gasteiger partial charge in [-0.2, -0.15) is 5.10 Å². The van der Waals surface area contributed by atoms with Crippen molar-refractivity contribution in [2.24, 2.45) is 5.92 Å².